The van der Waals surface area contributed by atoms with Gasteiger partial charge in [0.05, 0.1) is 11.6 Å². The minimum absolute atomic E-state index is 0.00676. The molecular weight excluding hydrogens is 204 g/mol. The number of rotatable bonds is 6. The van der Waals surface area contributed by atoms with E-state index in [1.165, 1.54) is 6.92 Å². The van der Waals surface area contributed by atoms with Crippen molar-refractivity contribution in [3.05, 3.63) is 0 Å². The van der Waals surface area contributed by atoms with Crippen LogP contribution in [0, 0.1) is 0 Å². The second-order valence-electron chi connectivity index (χ2n) is 4.45. The number of ketones is 1. The Balaban J connectivity index is 5.00. The van der Waals surface area contributed by atoms with Gasteiger partial charge in [-0.1, -0.05) is 6.92 Å². The van der Waals surface area contributed by atoms with E-state index in [0.29, 0.717) is 6.54 Å². The number of hydrogen-bond donors (Lipinski definition) is 1. The van der Waals surface area contributed by atoms with Gasteiger partial charge in [-0.05, 0) is 41.2 Å². The van der Waals surface area contributed by atoms with Crippen molar-refractivity contribution in [2.75, 3.05) is 13.6 Å². The maximum atomic E-state index is 12.2. The largest absolute Gasteiger partial charge is 0.329 e. The van der Waals surface area contributed by atoms with Crippen LogP contribution in [0.25, 0.3) is 0 Å². The highest BCUT2D eigenvalue weighted by Gasteiger charge is 2.36. The lowest BCUT2D eigenvalue weighted by molar-refractivity contribution is -0.145. The van der Waals surface area contributed by atoms with Gasteiger partial charge in [-0.3, -0.25) is 9.59 Å². The molecule has 4 nitrogen and oxygen atoms in total. The first-order valence-corrected chi connectivity index (χ1v) is 5.82. The number of nitrogens with zero attached hydrogens (tertiary/aromatic N) is 1. The van der Waals surface area contributed by atoms with Crippen molar-refractivity contribution >= 4 is 11.7 Å². The smallest absolute Gasteiger partial charge is 0.240 e. The van der Waals surface area contributed by atoms with Gasteiger partial charge in [0.1, 0.15) is 0 Å². The predicted molar refractivity (Wildman–Crippen MR) is 65.3 cm³/mol. The molecule has 0 aromatic rings. The summed E-state index contributed by atoms with van der Waals surface area (Å²) in [7, 11) is 1.76. The van der Waals surface area contributed by atoms with Crippen molar-refractivity contribution in [1.82, 2.24) is 10.2 Å². The molecular formula is C12H24N2O2. The van der Waals surface area contributed by atoms with Crippen LogP contribution < -0.4 is 5.32 Å². The number of hydrogen-bond acceptors (Lipinski definition) is 3. The molecule has 0 saturated heterocycles. The van der Waals surface area contributed by atoms with Gasteiger partial charge in [0.15, 0.2) is 5.78 Å². The van der Waals surface area contributed by atoms with Crippen LogP contribution >= 0.6 is 0 Å². The monoisotopic (exact) mass is 228 g/mol. The van der Waals surface area contributed by atoms with Gasteiger partial charge in [0, 0.05) is 6.54 Å². The number of Topliss-reactive ketones (excluding diaryl/α,β-unsaturated/α-hetero) is 1. The van der Waals surface area contributed by atoms with Gasteiger partial charge in [0.2, 0.25) is 5.91 Å². The van der Waals surface area contributed by atoms with Crippen molar-refractivity contribution in [2.45, 2.75) is 52.6 Å². The molecule has 16 heavy (non-hydrogen) atoms. The summed E-state index contributed by atoms with van der Waals surface area (Å²) >= 11 is 0. The Morgan fingerprint density at radius 2 is 1.81 bits per heavy atom. The van der Waals surface area contributed by atoms with E-state index in [0.717, 1.165) is 6.42 Å². The van der Waals surface area contributed by atoms with E-state index >= 15 is 0 Å². The first kappa shape index (κ1) is 15.1. The van der Waals surface area contributed by atoms with E-state index in [1.54, 1.807) is 25.8 Å². The molecule has 0 radical (unpaired) electrons. The molecule has 1 N–H and O–H groups in total. The molecule has 0 aliphatic heterocycles. The second kappa shape index (κ2) is 5.99. The molecule has 0 aromatic carbocycles. The number of amides is 1. The number of likely N-dealkylation sites (N-methyl/N-ethyl adjacent to an activating group) is 2. The van der Waals surface area contributed by atoms with Crippen molar-refractivity contribution in [1.29, 1.82) is 0 Å². The van der Waals surface area contributed by atoms with Crippen LogP contribution in [0.15, 0.2) is 0 Å². The second-order valence-corrected chi connectivity index (χ2v) is 4.45. The standard InChI is InChI=1S/C12H24N2O2/c1-7-10(13-6)11(16)14(8-2)12(4,5)9(3)15/h10,13H,7-8H2,1-6H3. The summed E-state index contributed by atoms with van der Waals surface area (Å²) in [4.78, 5) is 25.4. The van der Waals surface area contributed by atoms with Gasteiger partial charge in [-0.25, -0.2) is 0 Å². The van der Waals surface area contributed by atoms with Crippen LogP contribution in [0.1, 0.15) is 41.0 Å². The zero-order chi connectivity index (χ0) is 12.9. The van der Waals surface area contributed by atoms with Crippen LogP contribution in [0.2, 0.25) is 0 Å². The quantitative estimate of drug-likeness (QED) is 0.743. The fraction of sp³-hybridized carbons (Fsp3) is 0.833. The van der Waals surface area contributed by atoms with E-state index in [-0.39, 0.29) is 17.7 Å². The highest BCUT2D eigenvalue weighted by atomic mass is 16.2. The van der Waals surface area contributed by atoms with Crippen LogP contribution in [-0.4, -0.2) is 41.8 Å². The summed E-state index contributed by atoms with van der Waals surface area (Å²) in [5.74, 6) is 0.00126. The van der Waals surface area contributed by atoms with Crippen molar-refractivity contribution in [2.24, 2.45) is 0 Å². The molecule has 0 spiro atoms. The van der Waals surface area contributed by atoms with E-state index in [1.807, 2.05) is 13.8 Å². The third-order valence-corrected chi connectivity index (χ3v) is 3.17. The van der Waals surface area contributed by atoms with Crippen LogP contribution in [0.4, 0.5) is 0 Å². The summed E-state index contributed by atoms with van der Waals surface area (Å²) in [6, 6.07) is -0.210. The summed E-state index contributed by atoms with van der Waals surface area (Å²) in [6.07, 6.45) is 0.722. The Kier molecular flexibility index (Phi) is 5.65. The molecule has 0 fully saturated rings. The average molecular weight is 228 g/mol. The Morgan fingerprint density at radius 1 is 1.31 bits per heavy atom. The third kappa shape index (κ3) is 3.04. The first-order valence-electron chi connectivity index (χ1n) is 5.82. The molecule has 4 heteroatoms. The highest BCUT2D eigenvalue weighted by Crippen LogP contribution is 2.17. The minimum atomic E-state index is -0.726. The van der Waals surface area contributed by atoms with Crippen LogP contribution in [0.3, 0.4) is 0 Å². The lowest BCUT2D eigenvalue weighted by Gasteiger charge is -2.37. The van der Waals surface area contributed by atoms with E-state index < -0.39 is 5.54 Å². The lowest BCUT2D eigenvalue weighted by Crippen LogP contribution is -2.57. The molecule has 0 bridgehead atoms. The zero-order valence-corrected chi connectivity index (χ0v) is 11.3. The molecule has 0 aromatic heterocycles. The molecule has 1 unspecified atom stereocenters. The summed E-state index contributed by atoms with van der Waals surface area (Å²) in [5, 5.41) is 2.97. The molecule has 94 valence electrons. The molecule has 0 rings (SSSR count). The maximum absolute atomic E-state index is 12.2. The van der Waals surface area contributed by atoms with E-state index in [9.17, 15) is 9.59 Å². The topological polar surface area (TPSA) is 49.4 Å². The fourth-order valence-corrected chi connectivity index (χ4v) is 1.71. The van der Waals surface area contributed by atoms with Gasteiger partial charge in [-0.15, -0.1) is 0 Å². The summed E-state index contributed by atoms with van der Waals surface area (Å²) in [5.41, 5.74) is -0.726. The van der Waals surface area contributed by atoms with Crippen LogP contribution in [0.5, 0.6) is 0 Å². The van der Waals surface area contributed by atoms with Gasteiger partial charge < -0.3 is 10.2 Å². The molecule has 1 amide bonds. The first-order chi connectivity index (χ1) is 7.32. The van der Waals surface area contributed by atoms with Gasteiger partial charge in [-0.2, -0.15) is 0 Å². The van der Waals surface area contributed by atoms with Crippen LogP contribution in [-0.2, 0) is 9.59 Å². The van der Waals surface area contributed by atoms with Gasteiger partial charge in [0.25, 0.3) is 0 Å². The Morgan fingerprint density at radius 3 is 2.06 bits per heavy atom. The molecule has 0 saturated carbocycles. The molecule has 0 aliphatic carbocycles. The summed E-state index contributed by atoms with van der Waals surface area (Å²) in [6.45, 7) is 9.50. The minimum Gasteiger partial charge on any atom is -0.329 e. The highest BCUT2D eigenvalue weighted by molar-refractivity contribution is 5.92. The fourth-order valence-electron chi connectivity index (χ4n) is 1.71. The van der Waals surface area contributed by atoms with Crippen molar-refractivity contribution in [3.63, 3.8) is 0 Å². The van der Waals surface area contributed by atoms with E-state index in [4.69, 9.17) is 0 Å². The third-order valence-electron chi connectivity index (χ3n) is 3.17. The number of nitrogens with one attached hydrogen (secondary N) is 1. The Bertz CT molecular complexity index is 258. The maximum Gasteiger partial charge on any atom is 0.240 e. The van der Waals surface area contributed by atoms with Crippen molar-refractivity contribution in [3.8, 4) is 0 Å². The Hall–Kier alpha value is -0.900. The number of carbonyl (C=O) groups excluding carboxylic acids is 2. The predicted octanol–water partition coefficient (Wildman–Crippen LogP) is 1.20. The molecule has 0 heterocycles. The zero-order valence-electron chi connectivity index (χ0n) is 11.3. The normalized spacial score (nSPS) is 13.4. The molecule has 0 aliphatic rings. The summed E-state index contributed by atoms with van der Waals surface area (Å²) < 4.78 is 0. The van der Waals surface area contributed by atoms with E-state index in [2.05, 4.69) is 5.32 Å². The number of carbonyl (C=O) groups is 2. The lowest BCUT2D eigenvalue weighted by atomic mass is 9.96. The molecule has 1 atom stereocenters. The SMILES string of the molecule is CCC(NC)C(=O)N(CC)C(C)(C)C(C)=O. The van der Waals surface area contributed by atoms with Gasteiger partial charge >= 0.3 is 0 Å². The van der Waals surface area contributed by atoms with Crippen molar-refractivity contribution < 1.29 is 9.59 Å². The Labute approximate surface area is 98.4 Å². The average Bonchev–Trinajstić information content (AvgIpc) is 2.19.